The third-order valence-electron chi connectivity index (χ3n) is 6.23. The number of rotatable bonds is 8. The van der Waals surface area contributed by atoms with Crippen molar-refractivity contribution in [3.8, 4) is 28.5 Å². The number of aromatic nitrogens is 2. The smallest absolute Gasteiger partial charge is 0.271 e. The Balaban J connectivity index is 1.14. The maximum absolute atomic E-state index is 13.0. The molecule has 0 spiro atoms. The van der Waals surface area contributed by atoms with Crippen LogP contribution in [-0.4, -0.2) is 65.5 Å². The number of carbonyl (C=O) groups is 1. The fourth-order valence-corrected chi connectivity index (χ4v) is 4.21. The van der Waals surface area contributed by atoms with E-state index in [1.165, 1.54) is 5.56 Å². The summed E-state index contributed by atoms with van der Waals surface area (Å²) in [7, 11) is 0. The molecule has 1 fully saturated rings. The summed E-state index contributed by atoms with van der Waals surface area (Å²) in [5.41, 5.74) is 3.41. The first kappa shape index (κ1) is 22.3. The first-order valence-corrected chi connectivity index (χ1v) is 11.9. The molecule has 2 aromatic carbocycles. The number of hydrogen-bond acceptors (Lipinski definition) is 6. The van der Waals surface area contributed by atoms with Crippen LogP contribution in [0.3, 0.4) is 0 Å². The number of ether oxygens (including phenoxy) is 3. The minimum Gasteiger partial charge on any atom is -0.494 e. The zero-order chi connectivity index (χ0) is 23.3. The van der Waals surface area contributed by atoms with E-state index in [1.807, 2.05) is 47.4 Å². The molecule has 2 aliphatic rings. The Labute approximate surface area is 199 Å². The zero-order valence-corrected chi connectivity index (χ0v) is 19.5. The van der Waals surface area contributed by atoms with Crippen LogP contribution in [0, 0.1) is 0 Å². The lowest BCUT2D eigenvalue weighted by Gasteiger charge is -2.34. The van der Waals surface area contributed by atoms with Crippen LogP contribution in [0.1, 0.15) is 35.8 Å². The van der Waals surface area contributed by atoms with Gasteiger partial charge >= 0.3 is 0 Å². The zero-order valence-electron chi connectivity index (χ0n) is 19.5. The number of unbranched alkanes of at least 4 members (excludes halogenated alkanes) is 1. The highest BCUT2D eigenvalue weighted by Gasteiger charge is 2.24. The Morgan fingerprint density at radius 3 is 2.62 bits per heavy atom. The average Bonchev–Trinajstić information content (AvgIpc) is 3.55. The second-order valence-electron chi connectivity index (χ2n) is 8.65. The van der Waals surface area contributed by atoms with E-state index in [0.29, 0.717) is 18.8 Å². The minimum absolute atomic E-state index is 0.0130. The fraction of sp³-hybridized carbons (Fsp3) is 0.385. The summed E-state index contributed by atoms with van der Waals surface area (Å²) in [6, 6.07) is 15.7. The van der Waals surface area contributed by atoms with E-state index in [0.717, 1.165) is 67.6 Å². The molecule has 0 saturated carbocycles. The van der Waals surface area contributed by atoms with Crippen molar-refractivity contribution >= 4 is 5.91 Å². The van der Waals surface area contributed by atoms with E-state index in [-0.39, 0.29) is 12.7 Å². The number of fused-ring (bicyclic) bond motifs is 1. The Hall–Kier alpha value is -3.52. The van der Waals surface area contributed by atoms with Gasteiger partial charge in [-0.05, 0) is 54.4 Å². The SMILES string of the molecule is CCCCOc1ccc(-c2cc(C(=O)N3CCN(Cc4ccc5c(c4)OCO5)CC3)[nH]n2)cc1. The quantitative estimate of drug-likeness (QED) is 0.511. The van der Waals surface area contributed by atoms with Crippen LogP contribution < -0.4 is 14.2 Å². The van der Waals surface area contributed by atoms with Gasteiger partial charge in [0.15, 0.2) is 11.5 Å². The molecule has 178 valence electrons. The number of hydrogen-bond donors (Lipinski definition) is 1. The van der Waals surface area contributed by atoms with Crippen molar-refractivity contribution in [1.29, 1.82) is 0 Å². The first-order valence-electron chi connectivity index (χ1n) is 11.9. The van der Waals surface area contributed by atoms with Crippen molar-refractivity contribution in [3.63, 3.8) is 0 Å². The third kappa shape index (κ3) is 5.02. The summed E-state index contributed by atoms with van der Waals surface area (Å²) in [6.45, 7) is 6.98. The van der Waals surface area contributed by atoms with Gasteiger partial charge in [0.2, 0.25) is 6.79 Å². The molecule has 3 heterocycles. The molecule has 1 aromatic heterocycles. The number of amides is 1. The van der Waals surface area contributed by atoms with Gasteiger partial charge < -0.3 is 19.1 Å². The van der Waals surface area contributed by atoms with Gasteiger partial charge in [0.05, 0.1) is 12.3 Å². The number of piperazine rings is 1. The Kier molecular flexibility index (Phi) is 6.67. The Bertz CT molecular complexity index is 1120. The molecule has 8 nitrogen and oxygen atoms in total. The lowest BCUT2D eigenvalue weighted by Crippen LogP contribution is -2.48. The van der Waals surface area contributed by atoms with Gasteiger partial charge in [-0.2, -0.15) is 5.10 Å². The van der Waals surface area contributed by atoms with Gasteiger partial charge in [-0.25, -0.2) is 0 Å². The van der Waals surface area contributed by atoms with E-state index in [1.54, 1.807) is 0 Å². The Morgan fingerprint density at radius 2 is 1.82 bits per heavy atom. The van der Waals surface area contributed by atoms with Crippen LogP contribution in [0.25, 0.3) is 11.3 Å². The first-order chi connectivity index (χ1) is 16.7. The predicted molar refractivity (Wildman–Crippen MR) is 128 cm³/mol. The molecule has 0 bridgehead atoms. The van der Waals surface area contributed by atoms with Crippen molar-refractivity contribution in [2.24, 2.45) is 0 Å². The number of nitrogens with one attached hydrogen (secondary N) is 1. The van der Waals surface area contributed by atoms with Gasteiger partial charge in [-0.3, -0.25) is 14.8 Å². The molecule has 5 rings (SSSR count). The van der Waals surface area contributed by atoms with Crippen LogP contribution >= 0.6 is 0 Å². The minimum atomic E-state index is -0.0130. The van der Waals surface area contributed by atoms with Crippen molar-refractivity contribution in [2.75, 3.05) is 39.6 Å². The van der Waals surface area contributed by atoms with Crippen LogP contribution in [0.2, 0.25) is 0 Å². The molecule has 0 radical (unpaired) electrons. The molecule has 0 unspecified atom stereocenters. The lowest BCUT2D eigenvalue weighted by atomic mass is 10.1. The summed E-state index contributed by atoms with van der Waals surface area (Å²) in [6.07, 6.45) is 2.15. The van der Waals surface area contributed by atoms with Gasteiger partial charge in [0, 0.05) is 38.3 Å². The monoisotopic (exact) mass is 462 g/mol. The normalized spacial score (nSPS) is 15.5. The molecular weight excluding hydrogens is 432 g/mol. The van der Waals surface area contributed by atoms with Crippen LogP contribution in [-0.2, 0) is 6.54 Å². The predicted octanol–water partition coefficient (Wildman–Crippen LogP) is 3.94. The summed E-state index contributed by atoms with van der Waals surface area (Å²) in [5.74, 6) is 2.44. The maximum atomic E-state index is 13.0. The second kappa shape index (κ2) is 10.2. The average molecular weight is 463 g/mol. The largest absolute Gasteiger partial charge is 0.494 e. The van der Waals surface area contributed by atoms with Crippen molar-refractivity contribution < 1.29 is 19.0 Å². The van der Waals surface area contributed by atoms with Gasteiger partial charge in [-0.15, -0.1) is 0 Å². The Morgan fingerprint density at radius 1 is 1.03 bits per heavy atom. The number of benzene rings is 2. The summed E-state index contributed by atoms with van der Waals surface area (Å²) < 4.78 is 16.6. The molecule has 2 aliphatic heterocycles. The lowest BCUT2D eigenvalue weighted by molar-refractivity contribution is 0.0622. The van der Waals surface area contributed by atoms with Crippen LogP contribution in [0.4, 0.5) is 0 Å². The number of nitrogens with zero attached hydrogens (tertiary/aromatic N) is 3. The van der Waals surface area contributed by atoms with Gasteiger partial charge in [0.1, 0.15) is 11.4 Å². The highest BCUT2D eigenvalue weighted by molar-refractivity contribution is 5.93. The molecule has 0 aliphatic carbocycles. The van der Waals surface area contributed by atoms with Crippen LogP contribution in [0.5, 0.6) is 17.2 Å². The molecule has 34 heavy (non-hydrogen) atoms. The molecule has 0 atom stereocenters. The summed E-state index contributed by atoms with van der Waals surface area (Å²) in [4.78, 5) is 17.3. The molecular formula is C26H30N4O4. The summed E-state index contributed by atoms with van der Waals surface area (Å²) in [5, 5.41) is 7.28. The third-order valence-corrected chi connectivity index (χ3v) is 6.23. The highest BCUT2D eigenvalue weighted by atomic mass is 16.7. The second-order valence-corrected chi connectivity index (χ2v) is 8.65. The van der Waals surface area contributed by atoms with Gasteiger partial charge in [-0.1, -0.05) is 19.4 Å². The van der Waals surface area contributed by atoms with Crippen molar-refractivity contribution in [3.05, 3.63) is 59.8 Å². The standard InChI is InChI=1S/C26H30N4O4/c1-2-3-14-32-21-7-5-20(6-8-21)22-16-23(28-27-22)26(31)30-12-10-29(11-13-30)17-19-4-9-24-25(15-19)34-18-33-24/h4-9,15-16H,2-3,10-14,17-18H2,1H3,(H,27,28). The van der Waals surface area contributed by atoms with Crippen molar-refractivity contribution in [1.82, 2.24) is 20.0 Å². The molecule has 1 amide bonds. The molecule has 8 heteroatoms. The number of H-pyrrole nitrogens is 1. The number of carbonyl (C=O) groups excluding carboxylic acids is 1. The highest BCUT2D eigenvalue weighted by Crippen LogP contribution is 2.33. The number of aromatic amines is 1. The fourth-order valence-electron chi connectivity index (χ4n) is 4.21. The maximum Gasteiger partial charge on any atom is 0.271 e. The van der Waals surface area contributed by atoms with Crippen molar-refractivity contribution in [2.45, 2.75) is 26.3 Å². The molecule has 1 N–H and O–H groups in total. The van der Waals surface area contributed by atoms with E-state index in [4.69, 9.17) is 14.2 Å². The van der Waals surface area contributed by atoms with Gasteiger partial charge in [0.25, 0.3) is 5.91 Å². The molecule has 1 saturated heterocycles. The molecule has 3 aromatic rings. The van der Waals surface area contributed by atoms with E-state index >= 15 is 0 Å². The van der Waals surface area contributed by atoms with E-state index < -0.39 is 0 Å². The van der Waals surface area contributed by atoms with E-state index in [9.17, 15) is 4.79 Å². The van der Waals surface area contributed by atoms with Crippen LogP contribution in [0.15, 0.2) is 48.5 Å². The topological polar surface area (TPSA) is 79.9 Å². The summed E-state index contributed by atoms with van der Waals surface area (Å²) >= 11 is 0. The van der Waals surface area contributed by atoms with E-state index in [2.05, 4.69) is 28.1 Å².